The minimum Gasteiger partial charge on any atom is -0.492 e. The second-order valence-electron chi connectivity index (χ2n) is 6.52. The fourth-order valence-electron chi connectivity index (χ4n) is 2.90. The number of benzene rings is 3. The van der Waals surface area contributed by atoms with E-state index in [2.05, 4.69) is 10.6 Å². The van der Waals surface area contributed by atoms with E-state index < -0.39 is 6.04 Å². The zero-order valence-corrected chi connectivity index (χ0v) is 16.1. The van der Waals surface area contributed by atoms with Crippen molar-refractivity contribution in [3.63, 3.8) is 0 Å². The molecule has 0 aliphatic rings. The van der Waals surface area contributed by atoms with Crippen LogP contribution in [0, 0.1) is 0 Å². The third-order valence-electron chi connectivity index (χ3n) is 4.37. The predicted octanol–water partition coefficient (Wildman–Crippen LogP) is 3.74. The van der Waals surface area contributed by atoms with Gasteiger partial charge < -0.3 is 15.4 Å². The first-order chi connectivity index (χ1) is 14.2. The van der Waals surface area contributed by atoms with Crippen molar-refractivity contribution in [2.75, 3.05) is 13.2 Å². The van der Waals surface area contributed by atoms with Crippen LogP contribution < -0.4 is 15.4 Å². The molecule has 0 heterocycles. The molecular formula is C24H24N2O3. The Kier molecular flexibility index (Phi) is 7.41. The lowest BCUT2D eigenvalue weighted by Gasteiger charge is -2.19. The van der Waals surface area contributed by atoms with Gasteiger partial charge in [0.25, 0.3) is 5.91 Å². The summed E-state index contributed by atoms with van der Waals surface area (Å²) in [4.78, 5) is 25.0. The van der Waals surface area contributed by atoms with Crippen LogP contribution in [0.3, 0.4) is 0 Å². The van der Waals surface area contributed by atoms with Gasteiger partial charge in [-0.25, -0.2) is 0 Å². The van der Waals surface area contributed by atoms with E-state index in [1.54, 1.807) is 12.1 Å². The van der Waals surface area contributed by atoms with Crippen molar-refractivity contribution >= 4 is 11.8 Å². The number of para-hydroxylation sites is 1. The number of ether oxygens (including phenoxy) is 1. The lowest BCUT2D eigenvalue weighted by molar-refractivity contribution is -0.121. The molecule has 0 aliphatic carbocycles. The molecule has 1 unspecified atom stereocenters. The molecule has 5 heteroatoms. The predicted molar refractivity (Wildman–Crippen MR) is 113 cm³/mol. The van der Waals surface area contributed by atoms with E-state index >= 15 is 0 Å². The monoisotopic (exact) mass is 388 g/mol. The molecule has 3 aromatic carbocycles. The van der Waals surface area contributed by atoms with E-state index in [0.29, 0.717) is 18.7 Å². The maximum absolute atomic E-state index is 12.6. The van der Waals surface area contributed by atoms with E-state index in [1.165, 1.54) is 0 Å². The molecule has 0 radical (unpaired) electrons. The second-order valence-corrected chi connectivity index (χ2v) is 6.52. The molecule has 5 nitrogen and oxygen atoms in total. The number of hydrogen-bond acceptors (Lipinski definition) is 3. The summed E-state index contributed by atoms with van der Waals surface area (Å²) in [7, 11) is 0. The van der Waals surface area contributed by atoms with Gasteiger partial charge in [0.15, 0.2) is 0 Å². The van der Waals surface area contributed by atoms with E-state index in [0.717, 1.165) is 11.3 Å². The van der Waals surface area contributed by atoms with Gasteiger partial charge in [-0.05, 0) is 29.8 Å². The smallest absolute Gasteiger partial charge is 0.251 e. The van der Waals surface area contributed by atoms with Gasteiger partial charge in [-0.15, -0.1) is 0 Å². The molecule has 0 spiro atoms. The maximum atomic E-state index is 12.6. The number of carbonyl (C=O) groups is 2. The first-order valence-corrected chi connectivity index (χ1v) is 9.58. The molecule has 0 saturated heterocycles. The number of hydrogen-bond donors (Lipinski definition) is 2. The molecular weight excluding hydrogens is 364 g/mol. The number of amides is 2. The molecule has 1 atom stereocenters. The van der Waals surface area contributed by atoms with Crippen LogP contribution in [0.15, 0.2) is 91.0 Å². The van der Waals surface area contributed by atoms with Crippen LogP contribution in [0.25, 0.3) is 0 Å². The summed E-state index contributed by atoms with van der Waals surface area (Å²) in [6.07, 6.45) is 0.147. The van der Waals surface area contributed by atoms with E-state index in [-0.39, 0.29) is 18.2 Å². The van der Waals surface area contributed by atoms with Crippen molar-refractivity contribution in [1.82, 2.24) is 10.6 Å². The molecule has 3 rings (SSSR count). The van der Waals surface area contributed by atoms with Gasteiger partial charge in [-0.1, -0.05) is 66.7 Å². The average molecular weight is 388 g/mol. The van der Waals surface area contributed by atoms with Crippen molar-refractivity contribution in [2.24, 2.45) is 0 Å². The minimum atomic E-state index is -0.418. The van der Waals surface area contributed by atoms with Gasteiger partial charge in [0, 0.05) is 5.56 Å². The average Bonchev–Trinajstić information content (AvgIpc) is 2.78. The first kappa shape index (κ1) is 20.1. The van der Waals surface area contributed by atoms with Crippen molar-refractivity contribution in [3.05, 3.63) is 102 Å². The van der Waals surface area contributed by atoms with Crippen molar-refractivity contribution in [2.45, 2.75) is 12.5 Å². The van der Waals surface area contributed by atoms with Crippen LogP contribution in [0.4, 0.5) is 0 Å². The van der Waals surface area contributed by atoms with Crippen LogP contribution >= 0.6 is 0 Å². The third kappa shape index (κ3) is 6.50. The van der Waals surface area contributed by atoms with Crippen LogP contribution in [0.5, 0.6) is 5.75 Å². The maximum Gasteiger partial charge on any atom is 0.251 e. The molecule has 0 fully saturated rings. The highest BCUT2D eigenvalue weighted by molar-refractivity contribution is 5.94. The molecule has 2 amide bonds. The SMILES string of the molecule is O=C(CC(NC(=O)c1ccccc1)c1ccccc1)NCCOc1ccccc1. The largest absolute Gasteiger partial charge is 0.492 e. The summed E-state index contributed by atoms with van der Waals surface area (Å²) in [6, 6.07) is 27.5. The first-order valence-electron chi connectivity index (χ1n) is 9.58. The Hall–Kier alpha value is -3.60. The van der Waals surface area contributed by atoms with Crippen LogP contribution in [0.1, 0.15) is 28.4 Å². The van der Waals surface area contributed by atoms with Crippen molar-refractivity contribution in [1.29, 1.82) is 0 Å². The van der Waals surface area contributed by atoms with Crippen LogP contribution in [-0.2, 0) is 4.79 Å². The van der Waals surface area contributed by atoms with Crippen LogP contribution in [-0.4, -0.2) is 25.0 Å². The number of carbonyl (C=O) groups excluding carboxylic acids is 2. The van der Waals surface area contributed by atoms with Gasteiger partial charge in [-0.2, -0.15) is 0 Å². The zero-order valence-electron chi connectivity index (χ0n) is 16.1. The molecule has 2 N–H and O–H groups in total. The molecule has 148 valence electrons. The van der Waals surface area contributed by atoms with E-state index in [4.69, 9.17) is 4.74 Å². The van der Waals surface area contributed by atoms with Gasteiger partial charge in [0.2, 0.25) is 5.91 Å². The topological polar surface area (TPSA) is 67.4 Å². The molecule has 0 aliphatic heterocycles. The van der Waals surface area contributed by atoms with Gasteiger partial charge in [0.1, 0.15) is 12.4 Å². The minimum absolute atomic E-state index is 0.147. The summed E-state index contributed by atoms with van der Waals surface area (Å²) in [6.45, 7) is 0.768. The van der Waals surface area contributed by atoms with E-state index in [1.807, 2.05) is 78.9 Å². The Morgan fingerprint density at radius 1 is 0.793 bits per heavy atom. The molecule has 0 bridgehead atoms. The van der Waals surface area contributed by atoms with E-state index in [9.17, 15) is 9.59 Å². The Morgan fingerprint density at radius 2 is 1.38 bits per heavy atom. The zero-order chi connectivity index (χ0) is 20.3. The quantitative estimate of drug-likeness (QED) is 0.549. The van der Waals surface area contributed by atoms with Gasteiger partial charge in [0.05, 0.1) is 19.0 Å². The number of nitrogens with one attached hydrogen (secondary N) is 2. The molecule has 0 saturated carbocycles. The second kappa shape index (κ2) is 10.7. The molecule has 3 aromatic rings. The number of rotatable bonds is 9. The van der Waals surface area contributed by atoms with Crippen LogP contribution in [0.2, 0.25) is 0 Å². The Balaban J connectivity index is 1.55. The summed E-state index contributed by atoms with van der Waals surface area (Å²) in [5, 5.41) is 5.82. The summed E-state index contributed by atoms with van der Waals surface area (Å²) >= 11 is 0. The highest BCUT2D eigenvalue weighted by atomic mass is 16.5. The Bertz CT molecular complexity index is 899. The summed E-state index contributed by atoms with van der Waals surface area (Å²) in [5.41, 5.74) is 1.44. The lowest BCUT2D eigenvalue weighted by atomic mass is 10.0. The summed E-state index contributed by atoms with van der Waals surface area (Å²) < 4.78 is 5.58. The van der Waals surface area contributed by atoms with Gasteiger partial charge >= 0.3 is 0 Å². The lowest BCUT2D eigenvalue weighted by Crippen LogP contribution is -2.35. The normalized spacial score (nSPS) is 11.3. The van der Waals surface area contributed by atoms with Crippen molar-refractivity contribution < 1.29 is 14.3 Å². The van der Waals surface area contributed by atoms with Crippen molar-refractivity contribution in [3.8, 4) is 5.75 Å². The molecule has 0 aromatic heterocycles. The summed E-state index contributed by atoms with van der Waals surface area (Å²) in [5.74, 6) is 0.405. The fraction of sp³-hybridized carbons (Fsp3) is 0.167. The highest BCUT2D eigenvalue weighted by Gasteiger charge is 2.19. The van der Waals surface area contributed by atoms with Gasteiger partial charge in [-0.3, -0.25) is 9.59 Å². The fourth-order valence-corrected chi connectivity index (χ4v) is 2.90. The highest BCUT2D eigenvalue weighted by Crippen LogP contribution is 2.17. The Morgan fingerprint density at radius 3 is 2.03 bits per heavy atom. The molecule has 29 heavy (non-hydrogen) atoms. The standard InChI is InChI=1S/C24H24N2O3/c27-23(25-16-17-29-21-14-8-3-9-15-21)18-22(19-10-4-1-5-11-19)26-24(28)20-12-6-2-7-13-20/h1-15,22H,16-18H2,(H,25,27)(H,26,28). The Labute approximate surface area is 170 Å². The third-order valence-corrected chi connectivity index (χ3v) is 4.37.